The molecule has 15 heavy (non-hydrogen) atoms. The lowest BCUT2D eigenvalue weighted by atomic mass is 10.1. The van der Waals surface area contributed by atoms with Gasteiger partial charge in [0.15, 0.2) is 0 Å². The molecule has 0 aromatic heterocycles. The Hall–Kier alpha value is -0.650. The van der Waals surface area contributed by atoms with Crippen molar-refractivity contribution in [2.75, 3.05) is 40.4 Å². The van der Waals surface area contributed by atoms with Gasteiger partial charge in [0.2, 0.25) is 0 Å². The van der Waals surface area contributed by atoms with Gasteiger partial charge in [-0.3, -0.25) is 4.79 Å². The number of likely N-dealkylation sites (N-methyl/N-ethyl adjacent to an activating group) is 1. The molecule has 0 aromatic rings. The molecule has 0 saturated carbocycles. The maximum absolute atomic E-state index is 10.8. The van der Waals surface area contributed by atoms with Gasteiger partial charge in [0, 0.05) is 26.7 Å². The monoisotopic (exact) mass is 218 g/mol. The topological polar surface area (TPSA) is 61.8 Å². The smallest absolute Gasteiger partial charge is 0.323 e. The summed E-state index contributed by atoms with van der Waals surface area (Å²) in [5.74, 6) is -0.831. The highest BCUT2D eigenvalue weighted by Gasteiger charge is 2.25. The van der Waals surface area contributed by atoms with Crippen molar-refractivity contribution in [1.82, 2.24) is 10.2 Å². The van der Waals surface area contributed by atoms with Crippen molar-refractivity contribution in [2.24, 2.45) is 0 Å². The van der Waals surface area contributed by atoms with Crippen LogP contribution in [0.2, 0.25) is 0 Å². The van der Waals surface area contributed by atoms with E-state index in [1.165, 1.54) is 0 Å². The fourth-order valence-electron chi connectivity index (χ4n) is 0.994. The van der Waals surface area contributed by atoms with Gasteiger partial charge in [-0.2, -0.15) is 0 Å². The van der Waals surface area contributed by atoms with Gasteiger partial charge < -0.3 is 20.1 Å². The predicted molar refractivity (Wildman–Crippen MR) is 59.1 cm³/mol. The summed E-state index contributed by atoms with van der Waals surface area (Å²) in [5.41, 5.74) is -0.859. The van der Waals surface area contributed by atoms with Crippen LogP contribution in [0.15, 0.2) is 0 Å². The number of nitrogens with one attached hydrogen (secondary N) is 1. The van der Waals surface area contributed by atoms with Crippen LogP contribution in [0, 0.1) is 0 Å². The number of ether oxygens (including phenoxy) is 1. The maximum Gasteiger partial charge on any atom is 0.323 e. The molecular weight excluding hydrogens is 196 g/mol. The standard InChI is InChI=1S/C10H22N2O3/c1-10(2,9(13)14)11-5-6-12(3)7-8-15-4/h11H,5-8H2,1-4H3,(H,13,14). The molecule has 90 valence electrons. The Morgan fingerprint density at radius 2 is 2.07 bits per heavy atom. The van der Waals surface area contributed by atoms with E-state index in [0.717, 1.165) is 13.1 Å². The number of carbonyl (C=O) groups is 1. The highest BCUT2D eigenvalue weighted by atomic mass is 16.5. The van der Waals surface area contributed by atoms with Crippen molar-refractivity contribution >= 4 is 5.97 Å². The molecule has 0 aliphatic heterocycles. The van der Waals surface area contributed by atoms with Crippen LogP contribution < -0.4 is 5.32 Å². The van der Waals surface area contributed by atoms with Gasteiger partial charge in [0.1, 0.15) is 5.54 Å². The van der Waals surface area contributed by atoms with Crippen LogP contribution in [-0.4, -0.2) is 61.9 Å². The van der Waals surface area contributed by atoms with Gasteiger partial charge in [-0.25, -0.2) is 0 Å². The lowest BCUT2D eigenvalue weighted by Gasteiger charge is -2.23. The Morgan fingerprint density at radius 1 is 1.47 bits per heavy atom. The summed E-state index contributed by atoms with van der Waals surface area (Å²) >= 11 is 0. The van der Waals surface area contributed by atoms with Crippen LogP contribution in [0.1, 0.15) is 13.8 Å². The van der Waals surface area contributed by atoms with Crippen LogP contribution >= 0.6 is 0 Å². The van der Waals surface area contributed by atoms with Crippen LogP contribution in [0.25, 0.3) is 0 Å². The van der Waals surface area contributed by atoms with E-state index in [-0.39, 0.29) is 0 Å². The molecular formula is C10H22N2O3. The summed E-state index contributed by atoms with van der Waals surface area (Å²) < 4.78 is 4.94. The number of nitrogens with zero attached hydrogens (tertiary/aromatic N) is 1. The molecule has 0 bridgehead atoms. The summed E-state index contributed by atoms with van der Waals surface area (Å²) in [7, 11) is 3.65. The Labute approximate surface area is 91.4 Å². The van der Waals surface area contributed by atoms with Crippen molar-refractivity contribution < 1.29 is 14.6 Å². The highest BCUT2D eigenvalue weighted by Crippen LogP contribution is 2.00. The molecule has 0 saturated heterocycles. The number of methoxy groups -OCH3 is 1. The number of carboxylic acid groups (broad SMARTS) is 1. The van der Waals surface area contributed by atoms with E-state index >= 15 is 0 Å². The molecule has 2 N–H and O–H groups in total. The van der Waals surface area contributed by atoms with Crippen LogP contribution in [0.4, 0.5) is 0 Å². The molecule has 0 rings (SSSR count). The van der Waals surface area contributed by atoms with E-state index in [1.807, 2.05) is 7.05 Å². The molecule has 0 fully saturated rings. The van der Waals surface area contributed by atoms with E-state index in [9.17, 15) is 4.79 Å². The zero-order chi connectivity index (χ0) is 11.9. The maximum atomic E-state index is 10.8. The number of rotatable bonds is 8. The summed E-state index contributed by atoms with van der Waals surface area (Å²) in [4.78, 5) is 12.9. The zero-order valence-electron chi connectivity index (χ0n) is 10.0. The van der Waals surface area contributed by atoms with E-state index in [2.05, 4.69) is 10.2 Å². The average molecular weight is 218 g/mol. The fraction of sp³-hybridized carbons (Fsp3) is 0.900. The molecule has 5 heteroatoms. The Kier molecular flexibility index (Phi) is 6.47. The molecule has 5 nitrogen and oxygen atoms in total. The zero-order valence-corrected chi connectivity index (χ0v) is 10.0. The molecule has 0 aromatic carbocycles. The third-order valence-electron chi connectivity index (χ3n) is 2.27. The van der Waals surface area contributed by atoms with Crippen molar-refractivity contribution in [3.63, 3.8) is 0 Å². The molecule has 0 spiro atoms. The summed E-state index contributed by atoms with van der Waals surface area (Å²) in [6.45, 7) is 6.32. The molecule has 0 atom stereocenters. The largest absolute Gasteiger partial charge is 0.480 e. The number of hydrogen-bond donors (Lipinski definition) is 2. The van der Waals surface area contributed by atoms with Crippen LogP contribution in [-0.2, 0) is 9.53 Å². The molecule has 0 amide bonds. The molecule has 0 radical (unpaired) electrons. The van der Waals surface area contributed by atoms with E-state index < -0.39 is 11.5 Å². The first-order chi connectivity index (χ1) is 6.90. The highest BCUT2D eigenvalue weighted by molar-refractivity contribution is 5.77. The van der Waals surface area contributed by atoms with E-state index in [0.29, 0.717) is 13.2 Å². The van der Waals surface area contributed by atoms with Crippen molar-refractivity contribution in [3.8, 4) is 0 Å². The van der Waals surface area contributed by atoms with Gasteiger partial charge >= 0.3 is 5.97 Å². The van der Waals surface area contributed by atoms with Gasteiger partial charge in [0.25, 0.3) is 0 Å². The van der Waals surface area contributed by atoms with E-state index in [4.69, 9.17) is 9.84 Å². The second-order valence-corrected chi connectivity index (χ2v) is 4.15. The van der Waals surface area contributed by atoms with Gasteiger partial charge in [0.05, 0.1) is 6.61 Å². The number of carboxylic acids is 1. The number of hydrogen-bond acceptors (Lipinski definition) is 4. The van der Waals surface area contributed by atoms with E-state index in [1.54, 1.807) is 21.0 Å². The lowest BCUT2D eigenvalue weighted by molar-refractivity contribution is -0.143. The second kappa shape index (κ2) is 6.76. The second-order valence-electron chi connectivity index (χ2n) is 4.15. The third-order valence-corrected chi connectivity index (χ3v) is 2.27. The van der Waals surface area contributed by atoms with Gasteiger partial charge in [-0.15, -0.1) is 0 Å². The van der Waals surface area contributed by atoms with Crippen LogP contribution in [0.3, 0.4) is 0 Å². The third kappa shape index (κ3) is 6.43. The summed E-state index contributed by atoms with van der Waals surface area (Å²) in [6, 6.07) is 0. The minimum atomic E-state index is -0.859. The average Bonchev–Trinajstić information content (AvgIpc) is 2.14. The summed E-state index contributed by atoms with van der Waals surface area (Å²) in [6.07, 6.45) is 0. The van der Waals surface area contributed by atoms with Crippen LogP contribution in [0.5, 0.6) is 0 Å². The molecule has 0 aliphatic rings. The van der Waals surface area contributed by atoms with Gasteiger partial charge in [-0.1, -0.05) is 0 Å². The molecule has 0 heterocycles. The first kappa shape index (κ1) is 14.3. The fourth-order valence-corrected chi connectivity index (χ4v) is 0.994. The Balaban J connectivity index is 3.65. The normalized spacial score (nSPS) is 12.1. The SMILES string of the molecule is COCCN(C)CCNC(C)(C)C(=O)O. The molecule has 0 aliphatic carbocycles. The first-order valence-electron chi connectivity index (χ1n) is 5.06. The Morgan fingerprint density at radius 3 is 2.53 bits per heavy atom. The van der Waals surface area contributed by atoms with Crippen molar-refractivity contribution in [1.29, 1.82) is 0 Å². The van der Waals surface area contributed by atoms with Gasteiger partial charge in [-0.05, 0) is 20.9 Å². The first-order valence-corrected chi connectivity index (χ1v) is 5.06. The number of aliphatic carboxylic acids is 1. The summed E-state index contributed by atoms with van der Waals surface area (Å²) in [5, 5.41) is 11.8. The Bertz CT molecular complexity index is 195. The van der Waals surface area contributed by atoms with Crippen molar-refractivity contribution in [3.05, 3.63) is 0 Å². The minimum Gasteiger partial charge on any atom is -0.480 e. The van der Waals surface area contributed by atoms with Crippen molar-refractivity contribution in [2.45, 2.75) is 19.4 Å². The lowest BCUT2D eigenvalue weighted by Crippen LogP contribution is -2.49. The molecule has 0 unspecified atom stereocenters. The quantitative estimate of drug-likeness (QED) is 0.601. The predicted octanol–water partition coefficient (Wildman–Crippen LogP) is 0.0174. The minimum absolute atomic E-state index is 0.652.